The number of rotatable bonds is 4. The van der Waals surface area contributed by atoms with Crippen LogP contribution in [0.2, 0.25) is 0 Å². The number of fused-ring (bicyclic) bond motifs is 7. The molecule has 1 amide bonds. The van der Waals surface area contributed by atoms with Crippen LogP contribution in [-0.2, 0) is 4.74 Å². The first-order chi connectivity index (χ1) is 19.3. The number of hydrogen-bond acceptors (Lipinski definition) is 3. The highest BCUT2D eigenvalue weighted by Crippen LogP contribution is 2.77. The molecule has 10 atom stereocenters. The molecule has 4 nitrogen and oxygen atoms in total. The molecule has 226 valence electrons. The van der Waals surface area contributed by atoms with Gasteiger partial charge in [0.1, 0.15) is 0 Å². The second kappa shape index (κ2) is 9.86. The number of ether oxygens (including phenoxy) is 1. The Morgan fingerprint density at radius 3 is 2.34 bits per heavy atom. The van der Waals surface area contributed by atoms with Crippen molar-refractivity contribution in [3.05, 3.63) is 42.5 Å². The quantitative estimate of drug-likeness (QED) is 0.360. The van der Waals surface area contributed by atoms with Gasteiger partial charge in [-0.25, -0.2) is 4.79 Å². The van der Waals surface area contributed by atoms with Crippen LogP contribution < -0.4 is 5.32 Å². The van der Waals surface area contributed by atoms with E-state index in [9.17, 15) is 9.90 Å². The molecule has 6 rings (SSSR count). The van der Waals surface area contributed by atoms with Crippen molar-refractivity contribution >= 4 is 11.8 Å². The molecule has 4 heteroatoms. The van der Waals surface area contributed by atoms with Gasteiger partial charge in [0.2, 0.25) is 0 Å². The summed E-state index contributed by atoms with van der Waals surface area (Å²) in [6.07, 6.45) is 11.3. The van der Waals surface area contributed by atoms with Gasteiger partial charge in [0.25, 0.3) is 0 Å². The smallest absolute Gasteiger partial charge is 0.411 e. The molecule has 0 aliphatic heterocycles. The van der Waals surface area contributed by atoms with Crippen LogP contribution in [0.1, 0.15) is 106 Å². The van der Waals surface area contributed by atoms with Crippen molar-refractivity contribution in [2.75, 3.05) is 11.9 Å². The zero-order valence-electron chi connectivity index (χ0n) is 26.6. The first-order valence-electron chi connectivity index (χ1n) is 16.6. The number of hydrogen-bond donors (Lipinski definition) is 2. The maximum atomic E-state index is 12.9. The molecular formula is C37H55NO3. The van der Waals surface area contributed by atoms with Crippen LogP contribution in [0.3, 0.4) is 0 Å². The summed E-state index contributed by atoms with van der Waals surface area (Å²) in [7, 11) is 0. The van der Waals surface area contributed by atoms with Crippen LogP contribution in [0.5, 0.6) is 0 Å². The van der Waals surface area contributed by atoms with Crippen molar-refractivity contribution in [2.45, 2.75) is 112 Å². The monoisotopic (exact) mass is 561 g/mol. The van der Waals surface area contributed by atoms with E-state index in [4.69, 9.17) is 4.74 Å². The number of aliphatic hydroxyl groups is 1. The number of carbonyl (C=O) groups excluding carboxylic acids is 1. The summed E-state index contributed by atoms with van der Waals surface area (Å²) in [5, 5.41) is 14.0. The van der Waals surface area contributed by atoms with Crippen LogP contribution in [0, 0.1) is 56.7 Å². The van der Waals surface area contributed by atoms with Gasteiger partial charge in [-0.05, 0) is 135 Å². The second-order valence-corrected chi connectivity index (χ2v) is 16.5. The summed E-state index contributed by atoms with van der Waals surface area (Å²) in [6.45, 7) is 19.9. The van der Waals surface area contributed by atoms with Gasteiger partial charge in [0.05, 0.1) is 12.7 Å². The van der Waals surface area contributed by atoms with E-state index in [1.807, 2.05) is 30.3 Å². The number of amides is 1. The van der Waals surface area contributed by atoms with E-state index in [1.165, 1.54) is 44.1 Å². The lowest BCUT2D eigenvalue weighted by molar-refractivity contribution is -0.249. The van der Waals surface area contributed by atoms with E-state index in [1.54, 1.807) is 0 Å². The Bertz CT molecular complexity index is 1180. The average Bonchev–Trinajstić information content (AvgIpc) is 3.31. The third-order valence-corrected chi connectivity index (χ3v) is 14.7. The van der Waals surface area contributed by atoms with Gasteiger partial charge in [-0.15, -0.1) is 0 Å². The first kappa shape index (κ1) is 29.3. The lowest BCUT2D eigenvalue weighted by atomic mass is 9.32. The van der Waals surface area contributed by atoms with E-state index in [0.717, 1.165) is 31.4 Å². The SMILES string of the molecule is C=C(C)[C@@H]1CC[C@]2(COC(=O)Nc3ccccc3)CC[C@]3(C)[C@H](CC[C@@H]4[C@@]5(C)CC[C@H](O)C(C)(C)[C@@H]5CC[C@]43C)[C@@H]12. The van der Waals surface area contributed by atoms with Crippen LogP contribution in [-0.4, -0.2) is 23.9 Å². The summed E-state index contributed by atoms with van der Waals surface area (Å²) in [5.74, 6) is 2.95. The average molecular weight is 562 g/mol. The van der Waals surface area contributed by atoms with E-state index in [2.05, 4.69) is 53.4 Å². The van der Waals surface area contributed by atoms with E-state index in [0.29, 0.717) is 47.0 Å². The number of anilines is 1. The predicted molar refractivity (Wildman–Crippen MR) is 166 cm³/mol. The molecule has 5 aliphatic rings. The Morgan fingerprint density at radius 2 is 1.63 bits per heavy atom. The maximum Gasteiger partial charge on any atom is 0.411 e. The van der Waals surface area contributed by atoms with Crippen molar-refractivity contribution in [2.24, 2.45) is 56.7 Å². The molecule has 0 unspecified atom stereocenters. The lowest BCUT2D eigenvalue weighted by Crippen LogP contribution is -2.66. The minimum atomic E-state index is -0.333. The Morgan fingerprint density at radius 1 is 0.902 bits per heavy atom. The zero-order valence-corrected chi connectivity index (χ0v) is 26.6. The summed E-state index contributed by atoms with van der Waals surface area (Å²) >= 11 is 0. The topological polar surface area (TPSA) is 58.6 Å². The van der Waals surface area contributed by atoms with Crippen molar-refractivity contribution < 1.29 is 14.6 Å². The van der Waals surface area contributed by atoms with Gasteiger partial charge in [-0.1, -0.05) is 65.0 Å². The van der Waals surface area contributed by atoms with Gasteiger partial charge in [-0.3, -0.25) is 5.32 Å². The summed E-state index contributed by atoms with van der Waals surface area (Å²) in [4.78, 5) is 12.9. The predicted octanol–water partition coefficient (Wildman–Crippen LogP) is 9.25. The highest BCUT2D eigenvalue weighted by atomic mass is 16.5. The van der Waals surface area contributed by atoms with E-state index < -0.39 is 0 Å². The van der Waals surface area contributed by atoms with Crippen molar-refractivity contribution in [1.82, 2.24) is 0 Å². The number of carbonyl (C=O) groups is 1. The first-order valence-corrected chi connectivity index (χ1v) is 16.6. The van der Waals surface area contributed by atoms with Gasteiger partial charge in [0.15, 0.2) is 0 Å². The highest BCUT2D eigenvalue weighted by molar-refractivity contribution is 5.84. The third kappa shape index (κ3) is 4.20. The third-order valence-electron chi connectivity index (χ3n) is 14.7. The number of aliphatic hydroxyl groups excluding tert-OH is 1. The van der Waals surface area contributed by atoms with Crippen LogP contribution >= 0.6 is 0 Å². The molecule has 41 heavy (non-hydrogen) atoms. The largest absolute Gasteiger partial charge is 0.449 e. The molecule has 0 spiro atoms. The highest BCUT2D eigenvalue weighted by Gasteiger charge is 2.71. The fraction of sp³-hybridized carbons (Fsp3) is 0.757. The van der Waals surface area contributed by atoms with Gasteiger partial charge >= 0.3 is 6.09 Å². The van der Waals surface area contributed by atoms with Gasteiger partial charge in [0, 0.05) is 11.1 Å². The Hall–Kier alpha value is -1.81. The molecule has 2 N–H and O–H groups in total. The number of benzene rings is 1. The number of para-hydroxylation sites is 1. The van der Waals surface area contributed by atoms with Crippen LogP contribution in [0.15, 0.2) is 42.5 Å². The molecule has 1 aromatic rings. The Balaban J connectivity index is 1.28. The number of allylic oxidation sites excluding steroid dienone is 1. The zero-order chi connectivity index (χ0) is 29.4. The second-order valence-electron chi connectivity index (χ2n) is 16.5. The number of nitrogens with one attached hydrogen (secondary N) is 1. The normalized spacial score (nSPS) is 46.3. The molecule has 0 bridgehead atoms. The lowest BCUT2D eigenvalue weighted by Gasteiger charge is -2.73. The summed E-state index contributed by atoms with van der Waals surface area (Å²) < 4.78 is 6.08. The molecule has 5 aliphatic carbocycles. The van der Waals surface area contributed by atoms with Crippen molar-refractivity contribution in [3.8, 4) is 0 Å². The molecule has 5 saturated carbocycles. The molecule has 0 aromatic heterocycles. The van der Waals surface area contributed by atoms with Crippen LogP contribution in [0.25, 0.3) is 0 Å². The molecule has 0 heterocycles. The molecule has 0 radical (unpaired) electrons. The fourth-order valence-electron chi connectivity index (χ4n) is 12.4. The fourth-order valence-corrected chi connectivity index (χ4v) is 12.4. The van der Waals surface area contributed by atoms with E-state index >= 15 is 0 Å². The van der Waals surface area contributed by atoms with Crippen LogP contribution in [0.4, 0.5) is 10.5 Å². The van der Waals surface area contributed by atoms with E-state index in [-0.39, 0.29) is 28.4 Å². The molecular weight excluding hydrogens is 506 g/mol. The Labute approximate surface area is 249 Å². The van der Waals surface area contributed by atoms with Crippen molar-refractivity contribution in [3.63, 3.8) is 0 Å². The Kier molecular flexibility index (Phi) is 7.04. The summed E-state index contributed by atoms with van der Waals surface area (Å²) in [6, 6.07) is 9.63. The molecule has 0 saturated heterocycles. The minimum Gasteiger partial charge on any atom is -0.449 e. The van der Waals surface area contributed by atoms with Gasteiger partial charge < -0.3 is 9.84 Å². The maximum absolute atomic E-state index is 12.9. The minimum absolute atomic E-state index is 0.0119. The van der Waals surface area contributed by atoms with Gasteiger partial charge in [-0.2, -0.15) is 0 Å². The van der Waals surface area contributed by atoms with Crippen molar-refractivity contribution in [1.29, 1.82) is 0 Å². The summed E-state index contributed by atoms with van der Waals surface area (Å²) in [5.41, 5.74) is 2.98. The molecule has 5 fully saturated rings. The standard InChI is InChI=1S/C37H55NO3/c1-24(2)26-15-20-37(23-41-32(40)38-25-11-9-8-10-12-25)22-21-35(6)27(31(26)37)13-14-29-34(5)18-17-30(39)33(3,4)28(34)16-19-36(29,35)7/h8-12,26-31,39H,1,13-23H2,2-7H3,(H,38,40)/t26-,27+,28-,29+,30-,31+,34-,35+,36+,37+/m0/s1. The molecule has 1 aromatic carbocycles.